The molecular formula is C24H20F6N4O3S. The van der Waals surface area contributed by atoms with Gasteiger partial charge in [-0.3, -0.25) is 4.79 Å². The third-order valence-electron chi connectivity index (χ3n) is 5.94. The van der Waals surface area contributed by atoms with Gasteiger partial charge in [0.2, 0.25) is 5.95 Å². The number of carbonyl (C=O) groups excluding carboxylic acids is 2. The molecule has 0 saturated heterocycles. The minimum atomic E-state index is -4.97. The van der Waals surface area contributed by atoms with E-state index >= 15 is 0 Å². The average molecular weight is 559 g/mol. The highest BCUT2D eigenvalue weighted by Crippen LogP contribution is 2.39. The first-order chi connectivity index (χ1) is 17.8. The zero-order valence-corrected chi connectivity index (χ0v) is 20.8. The van der Waals surface area contributed by atoms with Crippen LogP contribution in [-0.4, -0.2) is 46.6 Å². The highest BCUT2D eigenvalue weighted by Gasteiger charge is 2.43. The monoisotopic (exact) mass is 558 g/mol. The van der Waals surface area contributed by atoms with Gasteiger partial charge in [0.05, 0.1) is 23.2 Å². The van der Waals surface area contributed by atoms with Crippen molar-refractivity contribution in [3.63, 3.8) is 0 Å². The number of amides is 1. The van der Waals surface area contributed by atoms with Crippen molar-refractivity contribution >= 4 is 34.8 Å². The van der Waals surface area contributed by atoms with Crippen LogP contribution in [0.5, 0.6) is 0 Å². The number of methoxy groups -OCH3 is 1. The molecule has 1 aromatic carbocycles. The van der Waals surface area contributed by atoms with Gasteiger partial charge in [0, 0.05) is 30.4 Å². The summed E-state index contributed by atoms with van der Waals surface area (Å²) in [6, 6.07) is 4.60. The number of anilines is 2. The van der Waals surface area contributed by atoms with Gasteiger partial charge in [-0.2, -0.15) is 26.3 Å². The van der Waals surface area contributed by atoms with Gasteiger partial charge in [-0.25, -0.2) is 14.8 Å². The summed E-state index contributed by atoms with van der Waals surface area (Å²) in [5, 5.41) is 4.29. The number of thiophene rings is 1. The maximum atomic E-state index is 13.7. The van der Waals surface area contributed by atoms with Crippen molar-refractivity contribution in [2.75, 3.05) is 19.0 Å². The van der Waals surface area contributed by atoms with E-state index in [1.807, 2.05) is 0 Å². The molecule has 0 aliphatic carbocycles. The summed E-state index contributed by atoms with van der Waals surface area (Å²) in [4.78, 5) is 32.2. The predicted octanol–water partition coefficient (Wildman–Crippen LogP) is 5.76. The van der Waals surface area contributed by atoms with Crippen LogP contribution in [-0.2, 0) is 35.1 Å². The van der Waals surface area contributed by atoms with Crippen LogP contribution in [0, 0.1) is 0 Å². The molecule has 14 heteroatoms. The van der Waals surface area contributed by atoms with Crippen molar-refractivity contribution in [2.24, 2.45) is 0 Å². The van der Waals surface area contributed by atoms with Crippen LogP contribution in [0.3, 0.4) is 0 Å². The number of rotatable bonds is 5. The molecule has 1 N–H and O–H groups in total. The Hall–Kier alpha value is -3.68. The van der Waals surface area contributed by atoms with Gasteiger partial charge in [0.1, 0.15) is 5.56 Å². The van der Waals surface area contributed by atoms with E-state index in [-0.39, 0.29) is 35.9 Å². The second kappa shape index (κ2) is 10.2. The van der Waals surface area contributed by atoms with E-state index in [1.165, 1.54) is 11.4 Å². The molecule has 1 amide bonds. The van der Waals surface area contributed by atoms with Crippen LogP contribution in [0.2, 0.25) is 0 Å². The summed E-state index contributed by atoms with van der Waals surface area (Å²) >= 11 is 0.891. The van der Waals surface area contributed by atoms with E-state index < -0.39 is 35.5 Å². The number of aromatic nitrogens is 2. The second-order valence-electron chi connectivity index (χ2n) is 8.38. The van der Waals surface area contributed by atoms with E-state index in [1.54, 1.807) is 19.1 Å². The number of aryl methyl sites for hydroxylation is 1. The molecule has 0 atom stereocenters. The largest absolute Gasteiger partial charge is 0.471 e. The summed E-state index contributed by atoms with van der Waals surface area (Å²) in [7, 11) is 1.16. The summed E-state index contributed by atoms with van der Waals surface area (Å²) in [6.07, 6.45) is -8.48. The van der Waals surface area contributed by atoms with Crippen molar-refractivity contribution in [3.8, 4) is 10.6 Å². The number of halogens is 6. The Morgan fingerprint density at radius 2 is 1.87 bits per heavy atom. The number of carbonyl (C=O) groups is 2. The van der Waals surface area contributed by atoms with Gasteiger partial charge >= 0.3 is 24.2 Å². The Labute approximate surface area is 216 Å². The Bertz CT molecular complexity index is 1390. The van der Waals surface area contributed by atoms with Crippen LogP contribution < -0.4 is 5.32 Å². The SMILES string of the molecule is CCc1cc2c(cc1Nc1ncc(C(F)(F)F)c(-c3cc(C(=O)OC)cs3)n1)CCN(C(=O)C(F)(F)F)C2. The zero-order valence-electron chi connectivity index (χ0n) is 20.0. The van der Waals surface area contributed by atoms with Crippen LogP contribution >= 0.6 is 11.3 Å². The lowest BCUT2D eigenvalue weighted by atomic mass is 9.95. The molecule has 4 rings (SSSR count). The van der Waals surface area contributed by atoms with Gasteiger partial charge in [0.25, 0.3) is 0 Å². The molecule has 0 bridgehead atoms. The number of nitrogens with one attached hydrogen (secondary N) is 1. The molecule has 1 aliphatic rings. The minimum Gasteiger partial charge on any atom is -0.465 e. The lowest BCUT2D eigenvalue weighted by Gasteiger charge is -2.30. The predicted molar refractivity (Wildman–Crippen MR) is 126 cm³/mol. The smallest absolute Gasteiger partial charge is 0.465 e. The van der Waals surface area contributed by atoms with E-state index in [4.69, 9.17) is 0 Å². The highest BCUT2D eigenvalue weighted by molar-refractivity contribution is 7.13. The molecule has 202 valence electrons. The Morgan fingerprint density at radius 3 is 2.50 bits per heavy atom. The number of hydrogen-bond acceptors (Lipinski definition) is 7. The van der Waals surface area contributed by atoms with Crippen molar-refractivity contribution < 1.29 is 40.7 Å². The normalized spacial score (nSPS) is 13.7. The number of esters is 1. The summed E-state index contributed by atoms with van der Waals surface area (Å²) < 4.78 is 84.3. The number of hydrogen-bond donors (Lipinski definition) is 1. The molecule has 0 radical (unpaired) electrons. The molecule has 7 nitrogen and oxygen atoms in total. The molecule has 3 aromatic rings. The molecule has 1 aliphatic heterocycles. The number of benzene rings is 1. The molecular weight excluding hydrogens is 538 g/mol. The maximum absolute atomic E-state index is 13.7. The Morgan fingerprint density at radius 1 is 1.13 bits per heavy atom. The fourth-order valence-electron chi connectivity index (χ4n) is 4.06. The zero-order chi connectivity index (χ0) is 27.8. The molecule has 0 saturated carbocycles. The second-order valence-corrected chi connectivity index (χ2v) is 9.29. The highest BCUT2D eigenvalue weighted by atomic mass is 32.1. The first kappa shape index (κ1) is 27.4. The average Bonchev–Trinajstić information content (AvgIpc) is 3.36. The molecule has 0 unspecified atom stereocenters. The van der Waals surface area contributed by atoms with Crippen molar-refractivity contribution in [1.82, 2.24) is 14.9 Å². The Balaban J connectivity index is 1.68. The number of fused-ring (bicyclic) bond motifs is 1. The Kier molecular flexibility index (Phi) is 7.37. The maximum Gasteiger partial charge on any atom is 0.471 e. The minimum absolute atomic E-state index is 0.0785. The summed E-state index contributed by atoms with van der Waals surface area (Å²) in [6.45, 7) is 1.47. The van der Waals surface area contributed by atoms with E-state index in [0.717, 1.165) is 23.3 Å². The number of alkyl halides is 6. The van der Waals surface area contributed by atoms with Gasteiger partial charge in [-0.05, 0) is 41.7 Å². The quantitative estimate of drug-likeness (QED) is 0.317. The molecule has 2 aromatic heterocycles. The van der Waals surface area contributed by atoms with E-state index in [9.17, 15) is 35.9 Å². The van der Waals surface area contributed by atoms with E-state index in [0.29, 0.717) is 35.0 Å². The fourth-order valence-corrected chi connectivity index (χ4v) is 4.95. The molecule has 0 fully saturated rings. The van der Waals surface area contributed by atoms with Gasteiger partial charge in [-0.1, -0.05) is 13.0 Å². The summed E-state index contributed by atoms with van der Waals surface area (Å²) in [5.74, 6) is -2.75. The fraction of sp³-hybridized carbons (Fsp3) is 0.333. The standard InChI is InChI=1S/C24H20F6N4O3S/c1-3-12-6-14-10-34(21(36)24(28,29)30)5-4-13(14)7-17(12)32-22-31-9-16(23(25,26)27)19(33-22)18-8-15(11-38-18)20(35)37-2/h6-9,11H,3-5,10H2,1-2H3,(H,31,32,33). The molecule has 0 spiro atoms. The van der Waals surface area contributed by atoms with Crippen molar-refractivity contribution in [3.05, 3.63) is 57.6 Å². The van der Waals surface area contributed by atoms with Crippen molar-refractivity contribution in [2.45, 2.75) is 38.7 Å². The van der Waals surface area contributed by atoms with Crippen LogP contribution in [0.15, 0.2) is 29.8 Å². The van der Waals surface area contributed by atoms with Crippen LogP contribution in [0.4, 0.5) is 38.0 Å². The van der Waals surface area contributed by atoms with Gasteiger partial charge < -0.3 is 15.0 Å². The topological polar surface area (TPSA) is 84.4 Å². The van der Waals surface area contributed by atoms with Crippen LogP contribution in [0.25, 0.3) is 10.6 Å². The third-order valence-corrected chi connectivity index (χ3v) is 6.88. The first-order valence-electron chi connectivity index (χ1n) is 11.2. The first-order valence-corrected chi connectivity index (χ1v) is 12.1. The molecule has 3 heterocycles. The van der Waals surface area contributed by atoms with Gasteiger partial charge in [0.15, 0.2) is 0 Å². The third kappa shape index (κ3) is 5.59. The number of nitrogens with zero attached hydrogens (tertiary/aromatic N) is 3. The van der Waals surface area contributed by atoms with Crippen LogP contribution in [0.1, 0.15) is 39.5 Å². The van der Waals surface area contributed by atoms with E-state index in [2.05, 4.69) is 20.0 Å². The molecule has 38 heavy (non-hydrogen) atoms. The lowest BCUT2D eigenvalue weighted by Crippen LogP contribution is -2.43. The van der Waals surface area contributed by atoms with Gasteiger partial charge in [-0.15, -0.1) is 11.3 Å². The lowest BCUT2D eigenvalue weighted by molar-refractivity contribution is -0.186. The summed E-state index contributed by atoms with van der Waals surface area (Å²) in [5.41, 5.74) is 0.954. The number of ether oxygens (including phenoxy) is 1. The van der Waals surface area contributed by atoms with Crippen molar-refractivity contribution in [1.29, 1.82) is 0 Å².